The van der Waals surface area contributed by atoms with Gasteiger partial charge in [0.25, 0.3) is 11.8 Å². The predicted octanol–water partition coefficient (Wildman–Crippen LogP) is 4.20. The second kappa shape index (κ2) is 8.08. The van der Waals surface area contributed by atoms with Gasteiger partial charge in [-0.1, -0.05) is 23.7 Å². The molecule has 2 amide bonds. The fourth-order valence-electron chi connectivity index (χ4n) is 4.82. The molecule has 2 aromatic rings. The Morgan fingerprint density at radius 1 is 1.10 bits per heavy atom. The van der Waals surface area contributed by atoms with E-state index >= 15 is 0 Å². The van der Waals surface area contributed by atoms with Crippen LogP contribution < -0.4 is 15.4 Å². The van der Waals surface area contributed by atoms with Gasteiger partial charge in [0.1, 0.15) is 11.4 Å². The third kappa shape index (κ3) is 4.09. The van der Waals surface area contributed by atoms with Crippen LogP contribution >= 0.6 is 11.6 Å². The van der Waals surface area contributed by atoms with Crippen molar-refractivity contribution in [1.29, 1.82) is 0 Å². The second-order valence-electron chi connectivity index (χ2n) is 8.69. The Bertz CT molecular complexity index is 982. The summed E-state index contributed by atoms with van der Waals surface area (Å²) in [7, 11) is 0. The molecule has 6 nitrogen and oxygen atoms in total. The maximum Gasteiger partial charge on any atom is 0.258 e. The first kappa shape index (κ1) is 20.2. The first-order valence-corrected chi connectivity index (χ1v) is 11.3. The number of benzene rings is 2. The Labute approximate surface area is 186 Å². The van der Waals surface area contributed by atoms with Crippen molar-refractivity contribution in [2.45, 2.75) is 56.3 Å². The van der Waals surface area contributed by atoms with E-state index in [9.17, 15) is 9.59 Å². The summed E-state index contributed by atoms with van der Waals surface area (Å²) in [5.74, 6) is 0.620. The Balaban J connectivity index is 1.20. The maximum absolute atomic E-state index is 13.3. The highest BCUT2D eigenvalue weighted by Gasteiger charge is 2.51. The largest absolute Gasteiger partial charge is 0.484 e. The third-order valence-electron chi connectivity index (χ3n) is 6.48. The van der Waals surface area contributed by atoms with Crippen molar-refractivity contribution in [3.63, 3.8) is 0 Å². The molecule has 1 aliphatic heterocycles. The van der Waals surface area contributed by atoms with Crippen LogP contribution in [0.5, 0.6) is 5.75 Å². The van der Waals surface area contributed by atoms with Crippen LogP contribution in [0.3, 0.4) is 0 Å². The standard InChI is InChI=1S/C24H26ClN3O3/c25-16-5-9-19(10-6-16)31-15-22(29)26-17-11-13-24(14-12-17)27-21-4-2-1-3-20(21)23(30)28(24)18-7-8-18/h1-6,9-10,17-18,27H,7-8,11-15H2,(H,26,29). The average molecular weight is 440 g/mol. The van der Waals surface area contributed by atoms with Gasteiger partial charge in [-0.15, -0.1) is 0 Å². The number of hydrogen-bond acceptors (Lipinski definition) is 4. The highest BCUT2D eigenvalue weighted by atomic mass is 35.5. The Morgan fingerprint density at radius 3 is 2.52 bits per heavy atom. The molecule has 2 N–H and O–H groups in total. The van der Waals surface area contributed by atoms with Gasteiger partial charge in [-0.25, -0.2) is 0 Å². The summed E-state index contributed by atoms with van der Waals surface area (Å²) in [5, 5.41) is 7.42. The quantitative estimate of drug-likeness (QED) is 0.732. The molecule has 1 spiro atoms. The summed E-state index contributed by atoms with van der Waals surface area (Å²) in [6, 6.07) is 15.1. The monoisotopic (exact) mass is 439 g/mol. The lowest BCUT2D eigenvalue weighted by Crippen LogP contribution is -2.63. The average Bonchev–Trinajstić information content (AvgIpc) is 3.60. The van der Waals surface area contributed by atoms with Crippen molar-refractivity contribution in [2.75, 3.05) is 11.9 Å². The number of nitrogens with one attached hydrogen (secondary N) is 2. The van der Waals surface area contributed by atoms with Crippen LogP contribution in [-0.2, 0) is 4.79 Å². The molecular formula is C24H26ClN3O3. The van der Waals surface area contributed by atoms with E-state index in [0.717, 1.165) is 49.8 Å². The molecule has 0 unspecified atom stereocenters. The number of para-hydroxylation sites is 1. The first-order chi connectivity index (χ1) is 15.0. The van der Waals surface area contributed by atoms with Crippen LogP contribution in [0.2, 0.25) is 5.02 Å². The molecule has 0 saturated heterocycles. The number of carbonyl (C=O) groups excluding carboxylic acids is 2. The lowest BCUT2D eigenvalue weighted by molar-refractivity contribution is -0.124. The van der Waals surface area contributed by atoms with E-state index in [0.29, 0.717) is 16.8 Å². The van der Waals surface area contributed by atoms with Crippen molar-refractivity contribution < 1.29 is 14.3 Å². The molecule has 31 heavy (non-hydrogen) atoms. The normalized spacial score (nSPS) is 25.0. The molecule has 3 aliphatic rings. The van der Waals surface area contributed by atoms with E-state index in [-0.39, 0.29) is 30.1 Å². The fourth-order valence-corrected chi connectivity index (χ4v) is 4.94. The van der Waals surface area contributed by atoms with E-state index < -0.39 is 0 Å². The zero-order chi connectivity index (χ0) is 21.4. The van der Waals surface area contributed by atoms with Crippen LogP contribution in [0.4, 0.5) is 5.69 Å². The van der Waals surface area contributed by atoms with Crippen LogP contribution in [0, 0.1) is 0 Å². The number of amides is 2. The zero-order valence-electron chi connectivity index (χ0n) is 17.3. The molecule has 1 heterocycles. The van der Waals surface area contributed by atoms with Gasteiger partial charge in [0, 0.05) is 22.8 Å². The first-order valence-electron chi connectivity index (χ1n) is 10.9. The van der Waals surface area contributed by atoms with Gasteiger partial charge in [-0.3, -0.25) is 9.59 Å². The summed E-state index contributed by atoms with van der Waals surface area (Å²) < 4.78 is 5.55. The number of nitrogens with zero attached hydrogens (tertiary/aromatic N) is 1. The van der Waals surface area contributed by atoms with Gasteiger partial charge in [0.05, 0.1) is 5.56 Å². The summed E-state index contributed by atoms with van der Waals surface area (Å²) in [6.45, 7) is -0.0262. The van der Waals surface area contributed by atoms with E-state index in [1.807, 2.05) is 24.3 Å². The van der Waals surface area contributed by atoms with Crippen molar-refractivity contribution >= 4 is 29.1 Å². The molecule has 2 fully saturated rings. The number of hydrogen-bond donors (Lipinski definition) is 2. The Hall–Kier alpha value is -2.73. The summed E-state index contributed by atoms with van der Waals surface area (Å²) in [4.78, 5) is 27.7. The smallest absolute Gasteiger partial charge is 0.258 e. The highest BCUT2D eigenvalue weighted by Crippen LogP contribution is 2.45. The van der Waals surface area contributed by atoms with E-state index in [1.54, 1.807) is 24.3 Å². The van der Waals surface area contributed by atoms with Gasteiger partial charge in [0.15, 0.2) is 6.61 Å². The minimum atomic E-state index is -0.354. The van der Waals surface area contributed by atoms with E-state index in [4.69, 9.17) is 16.3 Å². The van der Waals surface area contributed by atoms with E-state index in [1.165, 1.54) is 0 Å². The fraction of sp³-hybridized carbons (Fsp3) is 0.417. The molecule has 2 aromatic carbocycles. The predicted molar refractivity (Wildman–Crippen MR) is 119 cm³/mol. The molecule has 162 valence electrons. The Kier molecular flexibility index (Phi) is 5.26. The lowest BCUT2D eigenvalue weighted by atomic mass is 9.82. The zero-order valence-corrected chi connectivity index (χ0v) is 18.0. The maximum atomic E-state index is 13.3. The van der Waals surface area contributed by atoms with Crippen LogP contribution in [0.1, 0.15) is 48.9 Å². The number of rotatable bonds is 5. The minimum absolute atomic E-state index is 0.0262. The molecular weight excluding hydrogens is 414 g/mol. The molecule has 0 bridgehead atoms. The van der Waals surface area contributed by atoms with Crippen LogP contribution in [-0.4, -0.2) is 41.1 Å². The van der Waals surface area contributed by atoms with Crippen LogP contribution in [0.15, 0.2) is 48.5 Å². The number of halogens is 1. The van der Waals surface area contributed by atoms with E-state index in [2.05, 4.69) is 15.5 Å². The molecule has 5 rings (SSSR count). The minimum Gasteiger partial charge on any atom is -0.484 e. The SMILES string of the molecule is O=C(COc1ccc(Cl)cc1)NC1CCC2(CC1)Nc1ccccc1C(=O)N2C1CC1. The number of carbonyl (C=O) groups is 2. The van der Waals surface area contributed by atoms with Crippen molar-refractivity contribution in [1.82, 2.24) is 10.2 Å². The summed E-state index contributed by atoms with van der Waals surface area (Å²) in [5.41, 5.74) is 1.33. The summed E-state index contributed by atoms with van der Waals surface area (Å²) >= 11 is 5.87. The van der Waals surface area contributed by atoms with Crippen molar-refractivity contribution in [3.05, 3.63) is 59.1 Å². The number of anilines is 1. The van der Waals surface area contributed by atoms with Crippen LogP contribution in [0.25, 0.3) is 0 Å². The van der Waals surface area contributed by atoms with Gasteiger partial charge < -0.3 is 20.3 Å². The van der Waals surface area contributed by atoms with Gasteiger partial charge in [0.2, 0.25) is 0 Å². The number of ether oxygens (including phenoxy) is 1. The van der Waals surface area contributed by atoms with Gasteiger partial charge >= 0.3 is 0 Å². The van der Waals surface area contributed by atoms with Gasteiger partial charge in [-0.05, 0) is 74.9 Å². The van der Waals surface area contributed by atoms with Crippen molar-refractivity contribution in [2.24, 2.45) is 0 Å². The topological polar surface area (TPSA) is 70.7 Å². The Morgan fingerprint density at radius 2 is 1.81 bits per heavy atom. The highest BCUT2D eigenvalue weighted by molar-refractivity contribution is 6.30. The molecule has 0 aromatic heterocycles. The van der Waals surface area contributed by atoms with Crippen molar-refractivity contribution in [3.8, 4) is 5.75 Å². The lowest BCUT2D eigenvalue weighted by Gasteiger charge is -2.52. The second-order valence-corrected chi connectivity index (χ2v) is 9.13. The molecule has 7 heteroatoms. The molecule has 2 aliphatic carbocycles. The third-order valence-corrected chi connectivity index (χ3v) is 6.73. The van der Waals surface area contributed by atoms with Gasteiger partial charge in [-0.2, -0.15) is 0 Å². The molecule has 0 radical (unpaired) electrons. The number of fused-ring (bicyclic) bond motifs is 1. The molecule has 2 saturated carbocycles. The summed E-state index contributed by atoms with van der Waals surface area (Å²) in [6.07, 6.45) is 5.40. The molecule has 0 atom stereocenters.